The molecule has 2 aromatic rings. The van der Waals surface area contributed by atoms with E-state index in [1.807, 2.05) is 36.9 Å². The molecule has 0 saturated heterocycles. The van der Waals surface area contributed by atoms with Crippen molar-refractivity contribution in [3.63, 3.8) is 0 Å². The lowest BCUT2D eigenvalue weighted by Gasteiger charge is -2.17. The van der Waals surface area contributed by atoms with Gasteiger partial charge in [0.25, 0.3) is 0 Å². The number of rotatable bonds is 4. The number of nitrogens with one attached hydrogen (secondary N) is 1. The first kappa shape index (κ1) is 13.1. The minimum Gasteiger partial charge on any atom is -0.336 e. The zero-order valence-electron chi connectivity index (χ0n) is 10.5. The van der Waals surface area contributed by atoms with Crippen LogP contribution in [-0.2, 0) is 13.5 Å². The molecule has 0 aliphatic rings. The molecule has 0 amide bonds. The Morgan fingerprint density at radius 2 is 2.28 bits per heavy atom. The van der Waals surface area contributed by atoms with Crippen LogP contribution in [0.3, 0.4) is 0 Å². The summed E-state index contributed by atoms with van der Waals surface area (Å²) in [6.45, 7) is 2.02. The molecule has 0 fully saturated rings. The Hall–Kier alpha value is -1.36. The van der Waals surface area contributed by atoms with Gasteiger partial charge in [0.15, 0.2) is 0 Å². The summed E-state index contributed by atoms with van der Waals surface area (Å²) in [7, 11) is 1.95. The number of hydrogen-bond acceptors (Lipinski definition) is 3. The van der Waals surface area contributed by atoms with E-state index < -0.39 is 0 Å². The average Bonchev–Trinajstić information content (AvgIpc) is 2.75. The lowest BCUT2D eigenvalue weighted by Crippen LogP contribution is -2.31. The van der Waals surface area contributed by atoms with Crippen molar-refractivity contribution in [3.05, 3.63) is 52.6 Å². The molecule has 0 bridgehead atoms. The Morgan fingerprint density at radius 1 is 1.50 bits per heavy atom. The summed E-state index contributed by atoms with van der Waals surface area (Å²) in [6.07, 6.45) is 4.30. The third kappa shape index (κ3) is 2.72. The van der Waals surface area contributed by atoms with Crippen LogP contribution in [-0.4, -0.2) is 9.55 Å². The minimum atomic E-state index is -0.00212. The van der Waals surface area contributed by atoms with Crippen molar-refractivity contribution in [3.8, 4) is 0 Å². The molecular formula is C13H17ClN4. The maximum absolute atomic E-state index is 6.24. The van der Waals surface area contributed by atoms with E-state index >= 15 is 0 Å². The highest BCUT2D eigenvalue weighted by molar-refractivity contribution is 6.31. The number of imidazole rings is 1. The van der Waals surface area contributed by atoms with Crippen LogP contribution in [0.5, 0.6) is 0 Å². The molecule has 1 atom stereocenters. The molecule has 0 radical (unpaired) electrons. The fourth-order valence-electron chi connectivity index (χ4n) is 1.99. The van der Waals surface area contributed by atoms with E-state index in [1.54, 1.807) is 6.33 Å². The number of hydrogen-bond donors (Lipinski definition) is 2. The standard InChI is InChI=1S/C13H17ClN4/c1-9-3-4-10(11(14)5-9)6-12(17-15)13-7-16-8-18(13)2/h3-5,7-8,12,17H,6,15H2,1-2H3. The number of aromatic nitrogens is 2. The Labute approximate surface area is 112 Å². The first-order chi connectivity index (χ1) is 8.61. The third-order valence-corrected chi connectivity index (χ3v) is 3.40. The minimum absolute atomic E-state index is 0.00212. The van der Waals surface area contributed by atoms with Gasteiger partial charge in [0.1, 0.15) is 0 Å². The van der Waals surface area contributed by atoms with Gasteiger partial charge in [-0.1, -0.05) is 23.7 Å². The molecule has 1 heterocycles. The SMILES string of the molecule is Cc1ccc(CC(NN)c2cncn2C)c(Cl)c1. The number of aryl methyl sites for hydroxylation is 2. The topological polar surface area (TPSA) is 55.9 Å². The van der Waals surface area contributed by atoms with Crippen LogP contribution in [0, 0.1) is 6.92 Å². The third-order valence-electron chi connectivity index (χ3n) is 3.04. The molecule has 3 N–H and O–H groups in total. The highest BCUT2D eigenvalue weighted by atomic mass is 35.5. The summed E-state index contributed by atoms with van der Waals surface area (Å²) in [5.41, 5.74) is 6.08. The number of nitrogens with two attached hydrogens (primary N) is 1. The maximum Gasteiger partial charge on any atom is 0.0946 e. The van der Waals surface area contributed by atoms with Crippen LogP contribution in [0.2, 0.25) is 5.02 Å². The van der Waals surface area contributed by atoms with E-state index in [-0.39, 0.29) is 6.04 Å². The summed E-state index contributed by atoms with van der Waals surface area (Å²) in [5, 5.41) is 0.775. The highest BCUT2D eigenvalue weighted by Gasteiger charge is 2.15. The van der Waals surface area contributed by atoms with Crippen LogP contribution in [0.1, 0.15) is 22.9 Å². The molecule has 0 aliphatic carbocycles. The van der Waals surface area contributed by atoms with E-state index in [9.17, 15) is 0 Å². The van der Waals surface area contributed by atoms with Crippen molar-refractivity contribution in [2.45, 2.75) is 19.4 Å². The molecule has 1 unspecified atom stereocenters. The van der Waals surface area contributed by atoms with Gasteiger partial charge < -0.3 is 4.57 Å². The molecule has 0 spiro atoms. The van der Waals surface area contributed by atoms with Gasteiger partial charge in [0.2, 0.25) is 0 Å². The lowest BCUT2D eigenvalue weighted by molar-refractivity contribution is 0.522. The van der Waals surface area contributed by atoms with Gasteiger partial charge in [-0.05, 0) is 30.5 Å². The molecule has 5 heteroatoms. The van der Waals surface area contributed by atoms with Crippen molar-refractivity contribution in [1.29, 1.82) is 0 Å². The molecule has 1 aromatic heterocycles. The maximum atomic E-state index is 6.24. The average molecular weight is 265 g/mol. The normalized spacial score (nSPS) is 12.7. The fraction of sp³-hybridized carbons (Fsp3) is 0.308. The van der Waals surface area contributed by atoms with Gasteiger partial charge in [0.05, 0.1) is 18.1 Å². The fourth-order valence-corrected chi connectivity index (χ4v) is 2.30. The second-order valence-corrected chi connectivity index (χ2v) is 4.85. The summed E-state index contributed by atoms with van der Waals surface area (Å²) < 4.78 is 1.95. The summed E-state index contributed by atoms with van der Waals surface area (Å²) in [5.74, 6) is 5.63. The smallest absolute Gasteiger partial charge is 0.0946 e. The number of benzene rings is 1. The molecule has 1 aromatic carbocycles. The Kier molecular flexibility index (Phi) is 4.01. The lowest BCUT2D eigenvalue weighted by atomic mass is 10.0. The van der Waals surface area contributed by atoms with Crippen LogP contribution in [0.4, 0.5) is 0 Å². The largest absolute Gasteiger partial charge is 0.336 e. The molecule has 0 aliphatic heterocycles. The molecular weight excluding hydrogens is 248 g/mol. The van der Waals surface area contributed by atoms with Crippen LogP contribution in [0.25, 0.3) is 0 Å². The van der Waals surface area contributed by atoms with Crippen LogP contribution >= 0.6 is 11.6 Å². The predicted octanol–water partition coefficient (Wildman–Crippen LogP) is 2.13. The van der Waals surface area contributed by atoms with Gasteiger partial charge >= 0.3 is 0 Å². The molecule has 18 heavy (non-hydrogen) atoms. The van der Waals surface area contributed by atoms with Gasteiger partial charge in [-0.25, -0.2) is 4.98 Å². The number of nitrogens with zero attached hydrogens (tertiary/aromatic N) is 2. The highest BCUT2D eigenvalue weighted by Crippen LogP contribution is 2.23. The summed E-state index contributed by atoms with van der Waals surface area (Å²) in [6, 6.07) is 6.06. The van der Waals surface area contributed by atoms with Crippen LogP contribution in [0.15, 0.2) is 30.7 Å². The van der Waals surface area contributed by atoms with Gasteiger partial charge in [-0.2, -0.15) is 0 Å². The summed E-state index contributed by atoms with van der Waals surface area (Å²) in [4.78, 5) is 4.10. The Morgan fingerprint density at radius 3 is 2.83 bits per heavy atom. The molecule has 96 valence electrons. The van der Waals surface area contributed by atoms with E-state index in [1.165, 1.54) is 0 Å². The first-order valence-corrected chi connectivity index (χ1v) is 6.17. The predicted molar refractivity (Wildman–Crippen MR) is 73.2 cm³/mol. The van der Waals surface area contributed by atoms with E-state index in [0.717, 1.165) is 28.3 Å². The van der Waals surface area contributed by atoms with Crippen molar-refractivity contribution in [2.24, 2.45) is 12.9 Å². The molecule has 2 rings (SSSR count). The van der Waals surface area contributed by atoms with Gasteiger partial charge in [-0.3, -0.25) is 11.3 Å². The van der Waals surface area contributed by atoms with Gasteiger partial charge in [-0.15, -0.1) is 0 Å². The second kappa shape index (κ2) is 5.52. The summed E-state index contributed by atoms with van der Waals surface area (Å²) >= 11 is 6.24. The number of hydrazine groups is 1. The Bertz CT molecular complexity index is 536. The van der Waals surface area contributed by atoms with E-state index in [2.05, 4.69) is 16.5 Å². The quantitative estimate of drug-likeness (QED) is 0.657. The van der Waals surface area contributed by atoms with Crippen LogP contribution < -0.4 is 11.3 Å². The van der Waals surface area contributed by atoms with Crippen molar-refractivity contribution in [1.82, 2.24) is 15.0 Å². The van der Waals surface area contributed by atoms with E-state index in [0.29, 0.717) is 0 Å². The van der Waals surface area contributed by atoms with Crippen molar-refractivity contribution >= 4 is 11.6 Å². The monoisotopic (exact) mass is 264 g/mol. The zero-order valence-corrected chi connectivity index (χ0v) is 11.3. The zero-order chi connectivity index (χ0) is 13.1. The van der Waals surface area contributed by atoms with Crippen molar-refractivity contribution < 1.29 is 0 Å². The van der Waals surface area contributed by atoms with E-state index in [4.69, 9.17) is 17.4 Å². The van der Waals surface area contributed by atoms with Crippen molar-refractivity contribution in [2.75, 3.05) is 0 Å². The second-order valence-electron chi connectivity index (χ2n) is 4.45. The van der Waals surface area contributed by atoms with Gasteiger partial charge in [0, 0.05) is 18.3 Å². The first-order valence-electron chi connectivity index (χ1n) is 5.79. The molecule has 0 saturated carbocycles. The Balaban J connectivity index is 2.23. The number of halogens is 1. The molecule has 4 nitrogen and oxygen atoms in total.